The molecule has 0 aliphatic heterocycles. The van der Waals surface area contributed by atoms with E-state index in [4.69, 9.17) is 5.11 Å². The van der Waals surface area contributed by atoms with Crippen LogP contribution in [0.5, 0.6) is 0 Å². The molecular weight excluding hydrogens is 235 g/mol. The van der Waals surface area contributed by atoms with Crippen LogP contribution in [0.2, 0.25) is 0 Å². The number of hydrogen-bond donors (Lipinski definition) is 2. The molecule has 0 aromatic heterocycles. The van der Waals surface area contributed by atoms with E-state index in [1.807, 2.05) is 0 Å². The van der Waals surface area contributed by atoms with Crippen LogP contribution in [-0.4, -0.2) is 32.6 Å². The van der Waals surface area contributed by atoms with Crippen LogP contribution in [0.4, 0.5) is 4.39 Å². The number of hydrogen-bond acceptors (Lipinski definition) is 4. The van der Waals surface area contributed by atoms with Crippen molar-refractivity contribution in [3.63, 3.8) is 0 Å². The summed E-state index contributed by atoms with van der Waals surface area (Å²) in [5.41, 5.74) is 0.321. The van der Waals surface area contributed by atoms with Crippen LogP contribution in [0.1, 0.15) is 5.56 Å². The van der Waals surface area contributed by atoms with Crippen LogP contribution in [0.3, 0.4) is 0 Å². The average molecular weight is 248 g/mol. The Hall–Kier alpha value is -1.02. The molecule has 0 atom stereocenters. The monoisotopic (exact) mass is 248 g/mol. The van der Waals surface area contributed by atoms with Gasteiger partial charge in [0.2, 0.25) is 0 Å². The summed E-state index contributed by atoms with van der Waals surface area (Å²) < 4.78 is 36.6. The maximum Gasteiger partial charge on any atom is 0.256 e. The maximum absolute atomic E-state index is 13.4. The van der Waals surface area contributed by atoms with E-state index in [2.05, 4.69) is 4.83 Å². The minimum atomic E-state index is -3.90. The Morgan fingerprint density at radius 2 is 2.06 bits per heavy atom. The molecule has 0 heterocycles. The van der Waals surface area contributed by atoms with Crippen LogP contribution in [-0.2, 0) is 16.6 Å². The van der Waals surface area contributed by atoms with Crippen molar-refractivity contribution in [1.29, 1.82) is 0 Å². The predicted octanol–water partition coefficient (Wildman–Crippen LogP) is 0.0729. The topological polar surface area (TPSA) is 69.6 Å². The number of aliphatic hydroxyl groups is 1. The minimum absolute atomic E-state index is 0.321. The van der Waals surface area contributed by atoms with Gasteiger partial charge in [0.25, 0.3) is 10.0 Å². The van der Waals surface area contributed by atoms with Gasteiger partial charge in [0.05, 0.1) is 6.61 Å². The van der Waals surface area contributed by atoms with Crippen molar-refractivity contribution in [3.05, 3.63) is 29.6 Å². The number of nitrogens with zero attached hydrogens (tertiary/aromatic N) is 1. The summed E-state index contributed by atoms with van der Waals surface area (Å²) in [5.74, 6) is -0.888. The molecule has 0 aliphatic carbocycles. The fourth-order valence-corrected chi connectivity index (χ4v) is 2.29. The van der Waals surface area contributed by atoms with Crippen molar-refractivity contribution in [3.8, 4) is 0 Å². The highest BCUT2D eigenvalue weighted by Crippen LogP contribution is 2.15. The minimum Gasteiger partial charge on any atom is -0.392 e. The first-order chi connectivity index (χ1) is 7.36. The van der Waals surface area contributed by atoms with E-state index in [-0.39, 0.29) is 6.61 Å². The molecule has 0 spiro atoms. The summed E-state index contributed by atoms with van der Waals surface area (Å²) in [6.45, 7) is -0.335. The van der Waals surface area contributed by atoms with Gasteiger partial charge in [0.1, 0.15) is 10.7 Å². The standard InChI is InChI=1S/C9H13FN2O3S/c1-12(2)11-16(14,15)9-4-3-7(6-13)5-8(9)10/h3-5,11,13H,6H2,1-2H3. The van der Waals surface area contributed by atoms with Crippen LogP contribution < -0.4 is 4.83 Å². The molecule has 0 fully saturated rings. The molecule has 0 aliphatic rings. The molecule has 0 bridgehead atoms. The second-order valence-corrected chi connectivity index (χ2v) is 5.04. The second kappa shape index (κ2) is 4.88. The molecule has 1 aromatic rings. The van der Waals surface area contributed by atoms with Gasteiger partial charge in [0.15, 0.2) is 0 Å². The highest BCUT2D eigenvalue weighted by molar-refractivity contribution is 7.89. The molecule has 0 amide bonds. The highest BCUT2D eigenvalue weighted by atomic mass is 32.2. The lowest BCUT2D eigenvalue weighted by Crippen LogP contribution is -2.36. The van der Waals surface area contributed by atoms with Gasteiger partial charge in [-0.2, -0.15) is 0 Å². The third kappa shape index (κ3) is 2.99. The Balaban J connectivity index is 3.14. The summed E-state index contributed by atoms with van der Waals surface area (Å²) in [6.07, 6.45) is 0. The first-order valence-corrected chi connectivity index (χ1v) is 5.94. The summed E-state index contributed by atoms with van der Waals surface area (Å²) in [4.78, 5) is 1.67. The van der Waals surface area contributed by atoms with Crippen molar-refractivity contribution < 1.29 is 17.9 Å². The third-order valence-electron chi connectivity index (χ3n) is 1.77. The normalized spacial score (nSPS) is 12.1. The van der Waals surface area contributed by atoms with E-state index in [0.717, 1.165) is 12.1 Å². The summed E-state index contributed by atoms with van der Waals surface area (Å²) in [7, 11) is -0.929. The van der Waals surface area contributed by atoms with E-state index in [0.29, 0.717) is 5.56 Å². The fourth-order valence-electron chi connectivity index (χ4n) is 1.15. The van der Waals surface area contributed by atoms with E-state index >= 15 is 0 Å². The quantitative estimate of drug-likeness (QED) is 0.740. The Kier molecular flexibility index (Phi) is 3.98. The average Bonchev–Trinajstić information content (AvgIpc) is 2.14. The largest absolute Gasteiger partial charge is 0.392 e. The molecule has 1 rings (SSSR count). The number of aliphatic hydroxyl groups excluding tert-OH is 1. The second-order valence-electron chi connectivity index (χ2n) is 3.41. The van der Waals surface area contributed by atoms with Gasteiger partial charge in [0, 0.05) is 14.1 Å². The van der Waals surface area contributed by atoms with E-state index in [1.165, 1.54) is 25.2 Å². The number of benzene rings is 1. The maximum atomic E-state index is 13.4. The molecule has 5 nitrogen and oxygen atoms in total. The van der Waals surface area contributed by atoms with E-state index in [9.17, 15) is 12.8 Å². The van der Waals surface area contributed by atoms with Gasteiger partial charge in [-0.1, -0.05) is 6.07 Å². The van der Waals surface area contributed by atoms with Crippen molar-refractivity contribution in [2.75, 3.05) is 14.1 Å². The molecule has 90 valence electrons. The molecule has 7 heteroatoms. The smallest absolute Gasteiger partial charge is 0.256 e. The zero-order valence-corrected chi connectivity index (χ0v) is 9.75. The number of halogens is 1. The van der Waals surface area contributed by atoms with Crippen LogP contribution in [0.15, 0.2) is 23.1 Å². The van der Waals surface area contributed by atoms with Gasteiger partial charge in [-0.15, -0.1) is 4.83 Å². The van der Waals surface area contributed by atoms with Gasteiger partial charge < -0.3 is 5.11 Å². The summed E-state index contributed by atoms with van der Waals surface area (Å²) in [6, 6.07) is 3.46. The van der Waals surface area contributed by atoms with E-state index in [1.54, 1.807) is 0 Å². The first kappa shape index (κ1) is 13.0. The number of rotatable bonds is 4. The van der Waals surface area contributed by atoms with Crippen molar-refractivity contribution in [2.45, 2.75) is 11.5 Å². The van der Waals surface area contributed by atoms with Crippen LogP contribution in [0, 0.1) is 5.82 Å². The molecular formula is C9H13FN2O3S. The van der Waals surface area contributed by atoms with Crippen molar-refractivity contribution in [2.24, 2.45) is 0 Å². The Labute approximate surface area is 93.5 Å². The van der Waals surface area contributed by atoms with Crippen LogP contribution in [0.25, 0.3) is 0 Å². The molecule has 2 N–H and O–H groups in total. The summed E-state index contributed by atoms with van der Waals surface area (Å²) >= 11 is 0. The third-order valence-corrected chi connectivity index (χ3v) is 3.29. The zero-order valence-electron chi connectivity index (χ0n) is 8.94. The Morgan fingerprint density at radius 1 is 1.44 bits per heavy atom. The molecule has 0 radical (unpaired) electrons. The molecule has 16 heavy (non-hydrogen) atoms. The Bertz CT molecular complexity index is 474. The van der Waals surface area contributed by atoms with Gasteiger partial charge in [-0.05, 0) is 17.7 Å². The fraction of sp³-hybridized carbons (Fsp3) is 0.333. The van der Waals surface area contributed by atoms with Crippen molar-refractivity contribution in [1.82, 2.24) is 9.84 Å². The molecule has 0 unspecified atom stereocenters. The van der Waals surface area contributed by atoms with E-state index < -0.39 is 20.7 Å². The predicted molar refractivity (Wildman–Crippen MR) is 56.3 cm³/mol. The summed E-state index contributed by atoms with van der Waals surface area (Å²) in [5, 5.41) is 9.96. The number of hydrazine groups is 1. The zero-order chi connectivity index (χ0) is 12.3. The first-order valence-electron chi connectivity index (χ1n) is 4.46. The molecule has 1 aromatic carbocycles. The molecule has 0 saturated heterocycles. The van der Waals surface area contributed by atoms with Crippen LogP contribution >= 0.6 is 0 Å². The van der Waals surface area contributed by atoms with Gasteiger partial charge >= 0.3 is 0 Å². The lowest BCUT2D eigenvalue weighted by molar-refractivity contribution is 0.281. The Morgan fingerprint density at radius 3 is 2.50 bits per heavy atom. The number of nitrogens with one attached hydrogen (secondary N) is 1. The SMILES string of the molecule is CN(C)NS(=O)(=O)c1ccc(CO)cc1F. The van der Waals surface area contributed by atoms with Gasteiger partial charge in [-0.3, -0.25) is 0 Å². The van der Waals surface area contributed by atoms with Crippen molar-refractivity contribution >= 4 is 10.0 Å². The lowest BCUT2D eigenvalue weighted by Gasteiger charge is -2.13. The number of sulfonamides is 1. The molecule has 0 saturated carbocycles. The lowest BCUT2D eigenvalue weighted by atomic mass is 10.2. The highest BCUT2D eigenvalue weighted by Gasteiger charge is 2.19. The van der Waals surface area contributed by atoms with Gasteiger partial charge in [-0.25, -0.2) is 17.8 Å².